The van der Waals surface area contributed by atoms with Gasteiger partial charge in [0.15, 0.2) is 0 Å². The third kappa shape index (κ3) is 2.09. The van der Waals surface area contributed by atoms with Gasteiger partial charge in [-0.15, -0.1) is 0 Å². The van der Waals surface area contributed by atoms with E-state index in [-0.39, 0.29) is 6.42 Å². The summed E-state index contributed by atoms with van der Waals surface area (Å²) in [6.45, 7) is 5.75. The molecular formula is C9H12N2O2. The second-order valence-electron chi connectivity index (χ2n) is 2.75. The van der Waals surface area contributed by atoms with Gasteiger partial charge in [-0.3, -0.25) is 4.79 Å². The SMILES string of the molecule is [CH]Cc1c[nH]c(CN)c1CC(=O)O. The first-order valence-electron chi connectivity index (χ1n) is 3.99. The van der Waals surface area contributed by atoms with E-state index >= 15 is 0 Å². The van der Waals surface area contributed by atoms with Gasteiger partial charge in [-0.25, -0.2) is 0 Å². The van der Waals surface area contributed by atoms with E-state index in [9.17, 15) is 4.79 Å². The number of carbonyl (C=O) groups is 1. The topological polar surface area (TPSA) is 79.1 Å². The van der Waals surface area contributed by atoms with Crippen LogP contribution in [0.1, 0.15) is 16.8 Å². The van der Waals surface area contributed by atoms with Crippen molar-refractivity contribution >= 4 is 5.97 Å². The van der Waals surface area contributed by atoms with Crippen molar-refractivity contribution in [1.82, 2.24) is 4.98 Å². The molecule has 1 rings (SSSR count). The molecule has 0 spiro atoms. The van der Waals surface area contributed by atoms with Crippen LogP contribution in [0.4, 0.5) is 0 Å². The molecule has 0 atom stereocenters. The van der Waals surface area contributed by atoms with E-state index in [0.717, 1.165) is 16.8 Å². The number of aromatic amines is 1. The molecule has 0 fully saturated rings. The summed E-state index contributed by atoms with van der Waals surface area (Å²) >= 11 is 0. The molecule has 0 aliphatic carbocycles. The zero-order valence-electron chi connectivity index (χ0n) is 7.21. The summed E-state index contributed by atoms with van der Waals surface area (Å²) in [5.41, 5.74) is 7.72. The van der Waals surface area contributed by atoms with Gasteiger partial charge in [0.2, 0.25) is 0 Å². The van der Waals surface area contributed by atoms with Crippen molar-refractivity contribution in [3.63, 3.8) is 0 Å². The predicted molar refractivity (Wildman–Crippen MR) is 48.0 cm³/mol. The Morgan fingerprint density at radius 1 is 1.69 bits per heavy atom. The molecule has 0 saturated heterocycles. The van der Waals surface area contributed by atoms with E-state index in [1.807, 2.05) is 0 Å². The van der Waals surface area contributed by atoms with Gasteiger partial charge in [0.25, 0.3) is 0 Å². The molecule has 1 heterocycles. The van der Waals surface area contributed by atoms with E-state index in [1.54, 1.807) is 6.20 Å². The fourth-order valence-corrected chi connectivity index (χ4v) is 1.28. The molecule has 0 aliphatic rings. The summed E-state index contributed by atoms with van der Waals surface area (Å²) in [6, 6.07) is 0. The van der Waals surface area contributed by atoms with Crippen molar-refractivity contribution in [3.05, 3.63) is 29.9 Å². The fourth-order valence-electron chi connectivity index (χ4n) is 1.28. The number of rotatable bonds is 4. The lowest BCUT2D eigenvalue weighted by Gasteiger charge is -2.00. The predicted octanol–water partition coefficient (Wildman–Crippen LogP) is 0.354. The molecule has 4 N–H and O–H groups in total. The lowest BCUT2D eigenvalue weighted by Crippen LogP contribution is -2.07. The van der Waals surface area contributed by atoms with Crippen molar-refractivity contribution in [2.24, 2.45) is 5.73 Å². The Balaban J connectivity index is 2.97. The Kier molecular flexibility index (Phi) is 3.08. The first-order valence-corrected chi connectivity index (χ1v) is 3.99. The van der Waals surface area contributed by atoms with Gasteiger partial charge in [0, 0.05) is 18.4 Å². The molecule has 4 nitrogen and oxygen atoms in total. The van der Waals surface area contributed by atoms with Crippen LogP contribution in [0, 0.1) is 6.92 Å². The number of aliphatic carboxylic acids is 1. The minimum Gasteiger partial charge on any atom is -0.481 e. The zero-order chi connectivity index (χ0) is 9.84. The Morgan fingerprint density at radius 2 is 2.38 bits per heavy atom. The van der Waals surface area contributed by atoms with Crippen molar-refractivity contribution in [3.8, 4) is 0 Å². The van der Waals surface area contributed by atoms with E-state index in [4.69, 9.17) is 17.8 Å². The highest BCUT2D eigenvalue weighted by molar-refractivity contribution is 5.71. The maximum atomic E-state index is 10.5. The highest BCUT2D eigenvalue weighted by Crippen LogP contribution is 2.15. The van der Waals surface area contributed by atoms with Crippen LogP contribution in [0.25, 0.3) is 0 Å². The van der Waals surface area contributed by atoms with E-state index in [0.29, 0.717) is 13.0 Å². The van der Waals surface area contributed by atoms with Crippen molar-refractivity contribution in [2.45, 2.75) is 19.4 Å². The molecule has 4 heteroatoms. The number of nitrogens with one attached hydrogen (secondary N) is 1. The van der Waals surface area contributed by atoms with Gasteiger partial charge in [-0.05, 0) is 24.5 Å². The smallest absolute Gasteiger partial charge is 0.307 e. The Bertz CT molecular complexity index is 283. The maximum absolute atomic E-state index is 10.5. The average molecular weight is 180 g/mol. The Hall–Kier alpha value is -1.29. The van der Waals surface area contributed by atoms with Crippen LogP contribution in [0.15, 0.2) is 6.20 Å². The first kappa shape index (κ1) is 9.80. The molecule has 70 valence electrons. The second-order valence-corrected chi connectivity index (χ2v) is 2.75. The van der Waals surface area contributed by atoms with Crippen LogP contribution in [-0.4, -0.2) is 16.1 Å². The summed E-state index contributed by atoms with van der Waals surface area (Å²) in [5, 5.41) is 8.63. The highest BCUT2D eigenvalue weighted by atomic mass is 16.4. The normalized spacial score (nSPS) is 10.3. The van der Waals surface area contributed by atoms with E-state index in [1.165, 1.54) is 0 Å². The minimum absolute atomic E-state index is 0.0252. The lowest BCUT2D eigenvalue weighted by molar-refractivity contribution is -0.136. The zero-order valence-corrected chi connectivity index (χ0v) is 7.21. The third-order valence-electron chi connectivity index (χ3n) is 1.92. The van der Waals surface area contributed by atoms with Crippen LogP contribution < -0.4 is 5.73 Å². The first-order chi connectivity index (χ1) is 6.19. The molecular weight excluding hydrogens is 168 g/mol. The molecule has 0 aromatic carbocycles. The van der Waals surface area contributed by atoms with Gasteiger partial charge >= 0.3 is 5.97 Å². The van der Waals surface area contributed by atoms with Crippen molar-refractivity contribution in [1.29, 1.82) is 0 Å². The van der Waals surface area contributed by atoms with Gasteiger partial charge in [-0.2, -0.15) is 0 Å². The third-order valence-corrected chi connectivity index (χ3v) is 1.92. The number of hydrogen-bond donors (Lipinski definition) is 3. The molecule has 0 saturated carbocycles. The summed E-state index contributed by atoms with van der Waals surface area (Å²) in [4.78, 5) is 13.4. The van der Waals surface area contributed by atoms with Gasteiger partial charge in [0.1, 0.15) is 0 Å². The number of H-pyrrole nitrogens is 1. The Morgan fingerprint density at radius 3 is 2.85 bits per heavy atom. The van der Waals surface area contributed by atoms with Gasteiger partial charge in [-0.1, -0.05) is 0 Å². The van der Waals surface area contributed by atoms with Gasteiger partial charge < -0.3 is 15.8 Å². The fraction of sp³-hybridized carbons (Fsp3) is 0.333. The second kappa shape index (κ2) is 4.09. The number of hydrogen-bond acceptors (Lipinski definition) is 2. The number of carboxylic acid groups (broad SMARTS) is 1. The molecule has 13 heavy (non-hydrogen) atoms. The van der Waals surface area contributed by atoms with Crippen molar-refractivity contribution < 1.29 is 9.90 Å². The molecule has 1 aromatic heterocycles. The van der Waals surface area contributed by atoms with Crippen LogP contribution in [0.2, 0.25) is 0 Å². The standard InChI is InChI=1S/C9H12N2O2/c1-2-6-5-11-8(4-10)7(6)3-9(12)13/h1,5,11H,2-4,10H2,(H,12,13). The molecule has 1 aromatic rings. The molecule has 0 amide bonds. The summed E-state index contributed by atoms with van der Waals surface area (Å²) in [5.74, 6) is -0.871. The molecule has 2 radical (unpaired) electrons. The van der Waals surface area contributed by atoms with Crippen LogP contribution in [0.3, 0.4) is 0 Å². The monoisotopic (exact) mass is 180 g/mol. The van der Waals surface area contributed by atoms with Crippen molar-refractivity contribution in [2.75, 3.05) is 0 Å². The number of nitrogens with two attached hydrogens (primary N) is 1. The Labute approximate surface area is 76.8 Å². The minimum atomic E-state index is -0.871. The molecule has 0 unspecified atom stereocenters. The number of carboxylic acids is 1. The van der Waals surface area contributed by atoms with Gasteiger partial charge in [0.05, 0.1) is 6.42 Å². The summed E-state index contributed by atoms with van der Waals surface area (Å²) in [6.07, 6.45) is 2.02. The summed E-state index contributed by atoms with van der Waals surface area (Å²) < 4.78 is 0. The average Bonchev–Trinajstić information content (AvgIpc) is 2.46. The molecule has 0 bridgehead atoms. The van der Waals surface area contributed by atoms with E-state index < -0.39 is 5.97 Å². The van der Waals surface area contributed by atoms with Crippen LogP contribution in [-0.2, 0) is 24.2 Å². The molecule has 0 aliphatic heterocycles. The lowest BCUT2D eigenvalue weighted by atomic mass is 10.1. The van der Waals surface area contributed by atoms with Crippen LogP contribution in [0.5, 0.6) is 0 Å². The summed E-state index contributed by atoms with van der Waals surface area (Å²) in [7, 11) is 0. The maximum Gasteiger partial charge on any atom is 0.307 e. The van der Waals surface area contributed by atoms with Crippen LogP contribution >= 0.6 is 0 Å². The van der Waals surface area contributed by atoms with E-state index in [2.05, 4.69) is 4.98 Å². The quantitative estimate of drug-likeness (QED) is 0.625. The number of aromatic nitrogens is 1. The highest BCUT2D eigenvalue weighted by Gasteiger charge is 2.11. The largest absolute Gasteiger partial charge is 0.481 e.